The van der Waals surface area contributed by atoms with E-state index in [0.717, 1.165) is 0 Å². The summed E-state index contributed by atoms with van der Waals surface area (Å²) in [5.41, 5.74) is -2.73. The minimum Gasteiger partial charge on any atom is -0.479 e. The molecule has 0 heterocycles. The summed E-state index contributed by atoms with van der Waals surface area (Å²) >= 11 is 0. The molecule has 138 valence electrons. The van der Waals surface area contributed by atoms with Crippen molar-refractivity contribution in [3.05, 3.63) is 0 Å². The third-order valence-electron chi connectivity index (χ3n) is 3.03. The fourth-order valence-corrected chi connectivity index (χ4v) is 3.84. The quantitative estimate of drug-likeness (QED) is 0.226. The van der Waals surface area contributed by atoms with Crippen molar-refractivity contribution in [1.29, 1.82) is 0 Å². The summed E-state index contributed by atoms with van der Waals surface area (Å²) in [7, 11) is -3.95. The van der Waals surface area contributed by atoms with Crippen LogP contribution in [-0.2, 0) is 18.4 Å². The van der Waals surface area contributed by atoms with Gasteiger partial charge in [0.1, 0.15) is 12.2 Å². The van der Waals surface area contributed by atoms with Crippen molar-refractivity contribution in [1.82, 2.24) is 0 Å². The van der Waals surface area contributed by atoms with Gasteiger partial charge in [-0.2, -0.15) is 0 Å². The van der Waals surface area contributed by atoms with Crippen LogP contribution in [0.5, 0.6) is 0 Å². The molecule has 0 unspecified atom stereocenters. The molecule has 0 saturated heterocycles. The Morgan fingerprint density at radius 1 is 1.13 bits per heavy atom. The van der Waals surface area contributed by atoms with Crippen molar-refractivity contribution in [3.8, 4) is 0 Å². The summed E-state index contributed by atoms with van der Waals surface area (Å²) in [6.07, 6.45) is -7.42. The smallest absolute Gasteiger partial charge is 0.336 e. The summed E-state index contributed by atoms with van der Waals surface area (Å²) in [4.78, 5) is 11.3. The summed E-state index contributed by atoms with van der Waals surface area (Å²) in [6.45, 7) is 2.02. The molecular formula is C12H25O10P. The lowest BCUT2D eigenvalue weighted by molar-refractivity contribution is -0.163. The predicted octanol–water partition coefficient (Wildman–Crippen LogP) is -1.47. The number of hydrogen-bond acceptors (Lipinski definition) is 9. The third-order valence-corrected chi connectivity index (χ3v) is 5.24. The first-order chi connectivity index (χ1) is 10.5. The molecule has 4 atom stereocenters. The molecule has 0 aromatic heterocycles. The largest absolute Gasteiger partial charge is 0.479 e. The number of carbonyl (C=O) groups is 1. The van der Waals surface area contributed by atoms with E-state index in [1.165, 1.54) is 13.8 Å². The third kappa shape index (κ3) is 6.82. The fourth-order valence-electron chi connectivity index (χ4n) is 1.89. The maximum Gasteiger partial charge on any atom is 0.336 e. The molecular weight excluding hydrogens is 335 g/mol. The van der Waals surface area contributed by atoms with E-state index in [0.29, 0.717) is 0 Å². The molecule has 0 aliphatic rings. The van der Waals surface area contributed by atoms with E-state index < -0.39 is 56.7 Å². The first-order valence-electron chi connectivity index (χ1n) is 7.04. The second kappa shape index (κ2) is 9.65. The highest BCUT2D eigenvalue weighted by Crippen LogP contribution is 2.51. The van der Waals surface area contributed by atoms with Gasteiger partial charge in [-0.15, -0.1) is 0 Å². The van der Waals surface area contributed by atoms with Crippen LogP contribution < -0.4 is 0 Å². The van der Waals surface area contributed by atoms with Crippen LogP contribution in [0, 0.1) is 0 Å². The molecule has 0 saturated carbocycles. The van der Waals surface area contributed by atoms with Gasteiger partial charge in [0.2, 0.25) is 0 Å². The minimum absolute atomic E-state index is 0.0542. The Hall–Kier alpha value is -0.580. The van der Waals surface area contributed by atoms with Crippen LogP contribution in [0.1, 0.15) is 20.3 Å². The molecule has 0 amide bonds. The molecule has 0 radical (unpaired) electrons. The summed E-state index contributed by atoms with van der Waals surface area (Å²) in [6, 6.07) is 0. The molecule has 0 bridgehead atoms. The maximum absolute atomic E-state index is 12.4. The van der Waals surface area contributed by atoms with E-state index in [4.69, 9.17) is 14.2 Å². The van der Waals surface area contributed by atoms with Gasteiger partial charge < -0.3 is 39.7 Å². The van der Waals surface area contributed by atoms with Crippen LogP contribution in [0.15, 0.2) is 0 Å². The first-order valence-corrected chi connectivity index (χ1v) is 8.77. The Labute approximate surface area is 133 Å². The topological polar surface area (TPSA) is 174 Å². The van der Waals surface area contributed by atoms with Crippen LogP contribution in [0.25, 0.3) is 0 Å². The number of aliphatic hydroxyl groups excluding tert-OH is 4. The monoisotopic (exact) mass is 360 g/mol. The zero-order chi connectivity index (χ0) is 18.3. The normalized spacial score (nSPS) is 18.9. The Kier molecular flexibility index (Phi) is 9.41. The van der Waals surface area contributed by atoms with E-state index in [9.17, 15) is 34.9 Å². The highest BCUT2D eigenvalue weighted by molar-refractivity contribution is 7.54. The van der Waals surface area contributed by atoms with Crippen molar-refractivity contribution in [2.45, 2.75) is 44.2 Å². The molecule has 0 rings (SSSR count). The van der Waals surface area contributed by atoms with Gasteiger partial charge in [0.25, 0.3) is 0 Å². The average molecular weight is 360 g/mol. The number of hydrogen-bond donors (Lipinski definition) is 6. The highest BCUT2D eigenvalue weighted by atomic mass is 31.2. The van der Waals surface area contributed by atoms with Gasteiger partial charge in [-0.3, -0.25) is 4.57 Å². The van der Waals surface area contributed by atoms with Gasteiger partial charge in [0.15, 0.2) is 5.60 Å². The molecule has 0 fully saturated rings. The van der Waals surface area contributed by atoms with Crippen molar-refractivity contribution in [3.63, 3.8) is 0 Å². The number of carboxylic acid groups (broad SMARTS) is 1. The fraction of sp³-hybridized carbons (Fsp3) is 0.917. The first kappa shape index (κ1) is 22.4. The number of rotatable bonds is 12. The lowest BCUT2D eigenvalue weighted by Crippen LogP contribution is -2.50. The van der Waals surface area contributed by atoms with E-state index in [1.807, 2.05) is 0 Å². The van der Waals surface area contributed by atoms with Crippen molar-refractivity contribution in [2.75, 3.05) is 26.0 Å². The van der Waals surface area contributed by atoms with Gasteiger partial charge in [-0.05, 0) is 13.8 Å². The number of aliphatic hydroxyl groups is 5. The zero-order valence-corrected chi connectivity index (χ0v) is 13.9. The average Bonchev–Trinajstić information content (AvgIpc) is 2.45. The molecule has 0 aromatic carbocycles. The number of carboxylic acids is 1. The molecule has 0 aromatic rings. The van der Waals surface area contributed by atoms with Gasteiger partial charge >= 0.3 is 13.6 Å². The number of aliphatic carboxylic acids is 1. The predicted molar refractivity (Wildman–Crippen MR) is 78.0 cm³/mol. The Bertz CT molecular complexity index is 407. The maximum atomic E-state index is 12.4. The van der Waals surface area contributed by atoms with Gasteiger partial charge in [0, 0.05) is 6.42 Å². The Morgan fingerprint density at radius 2 is 1.61 bits per heavy atom. The van der Waals surface area contributed by atoms with Gasteiger partial charge in [-0.25, -0.2) is 4.79 Å². The second-order valence-corrected chi connectivity index (χ2v) is 7.01. The van der Waals surface area contributed by atoms with Crippen LogP contribution in [0.3, 0.4) is 0 Å². The summed E-state index contributed by atoms with van der Waals surface area (Å²) < 4.78 is 22.2. The van der Waals surface area contributed by atoms with Gasteiger partial charge in [-0.1, -0.05) is 0 Å². The van der Waals surface area contributed by atoms with Crippen LogP contribution >= 0.6 is 7.60 Å². The van der Waals surface area contributed by atoms with Crippen molar-refractivity contribution in [2.24, 2.45) is 0 Å². The standard InChI is InChI=1S/C12H25O10P/c1-3-21-23(20,22-4-2)7-12(19,11(17)18)5-8(14)10(16)9(15)6-13/h8-10,13-16,19H,3-7H2,1-2H3,(H,17,18)/t8-,9-,10+,12+/m1/s1. The second-order valence-electron chi connectivity index (χ2n) is 4.95. The van der Waals surface area contributed by atoms with Crippen LogP contribution in [0.4, 0.5) is 0 Å². The summed E-state index contributed by atoms with van der Waals surface area (Å²) in [5, 5.41) is 56.6. The molecule has 11 heteroatoms. The molecule has 6 N–H and O–H groups in total. The lowest BCUT2D eigenvalue weighted by atomic mass is 9.94. The summed E-state index contributed by atoms with van der Waals surface area (Å²) in [5.74, 6) is -1.80. The van der Waals surface area contributed by atoms with E-state index >= 15 is 0 Å². The van der Waals surface area contributed by atoms with Gasteiger partial charge in [0.05, 0.1) is 32.1 Å². The minimum atomic E-state index is -3.95. The van der Waals surface area contributed by atoms with E-state index in [-0.39, 0.29) is 13.2 Å². The Balaban J connectivity index is 5.26. The van der Waals surface area contributed by atoms with E-state index in [2.05, 4.69) is 0 Å². The molecule has 10 nitrogen and oxygen atoms in total. The van der Waals surface area contributed by atoms with Crippen molar-refractivity contribution < 1.29 is 49.0 Å². The van der Waals surface area contributed by atoms with Crippen LogP contribution in [0.2, 0.25) is 0 Å². The lowest BCUT2D eigenvalue weighted by Gasteiger charge is -2.31. The molecule has 0 aliphatic heterocycles. The van der Waals surface area contributed by atoms with Crippen LogP contribution in [-0.4, -0.2) is 86.5 Å². The highest BCUT2D eigenvalue weighted by Gasteiger charge is 2.47. The van der Waals surface area contributed by atoms with E-state index in [1.54, 1.807) is 0 Å². The zero-order valence-electron chi connectivity index (χ0n) is 13.0. The molecule has 0 spiro atoms. The molecule has 0 aliphatic carbocycles. The van der Waals surface area contributed by atoms with Crippen molar-refractivity contribution >= 4 is 13.6 Å². The Morgan fingerprint density at radius 3 is 1.96 bits per heavy atom. The molecule has 23 heavy (non-hydrogen) atoms. The SMILES string of the molecule is CCOP(=O)(C[C@@](O)(C[C@@H](O)[C@H](O)[C@H](O)CO)C(=O)O)OCC.